The molecule has 1 amide bonds. The Morgan fingerprint density at radius 2 is 1.50 bits per heavy atom. The van der Waals surface area contributed by atoms with Crippen LogP contribution in [-0.2, 0) is 4.79 Å². The van der Waals surface area contributed by atoms with Gasteiger partial charge in [0, 0.05) is 12.1 Å². The summed E-state index contributed by atoms with van der Waals surface area (Å²) in [5.74, 6) is 5.56. The van der Waals surface area contributed by atoms with E-state index >= 15 is 0 Å². The van der Waals surface area contributed by atoms with Crippen LogP contribution in [0.4, 0.5) is 0 Å². The van der Waals surface area contributed by atoms with E-state index in [-0.39, 0.29) is 5.41 Å². The van der Waals surface area contributed by atoms with Gasteiger partial charge in [-0.3, -0.25) is 4.79 Å². The quantitative estimate of drug-likeness (QED) is 0.704. The van der Waals surface area contributed by atoms with E-state index in [1.54, 1.807) is 0 Å². The Labute approximate surface area is 121 Å². The smallest absolute Gasteiger partial charge is 0.230 e. The second-order valence-corrected chi connectivity index (χ2v) is 8.59. The van der Waals surface area contributed by atoms with Crippen LogP contribution in [0, 0.1) is 46.3 Å². The maximum atomic E-state index is 13.2. The highest BCUT2D eigenvalue weighted by Gasteiger charge is 3.10. The first-order valence-corrected chi connectivity index (χ1v) is 8.41. The van der Waals surface area contributed by atoms with Crippen LogP contribution < -0.4 is 0 Å². The van der Waals surface area contributed by atoms with Crippen LogP contribution in [0.1, 0.15) is 34.1 Å². The first-order chi connectivity index (χ1) is 9.47. The summed E-state index contributed by atoms with van der Waals surface area (Å²) < 4.78 is 0. The molecule has 2 heteroatoms. The molecule has 0 unspecified atom stereocenters. The van der Waals surface area contributed by atoms with Gasteiger partial charge in [0.15, 0.2) is 0 Å². The lowest BCUT2D eigenvalue weighted by Gasteiger charge is -3.11. The third-order valence-electron chi connectivity index (χ3n) is 8.05. The minimum absolute atomic E-state index is 0.136. The molecule has 0 bridgehead atoms. The summed E-state index contributed by atoms with van der Waals surface area (Å²) in [5, 5.41) is 0. The van der Waals surface area contributed by atoms with Crippen molar-refractivity contribution >= 4 is 5.91 Å². The predicted molar refractivity (Wildman–Crippen MR) is 77.7 cm³/mol. The molecule has 0 heterocycles. The van der Waals surface area contributed by atoms with Gasteiger partial charge in [-0.25, -0.2) is 0 Å². The van der Waals surface area contributed by atoms with Gasteiger partial charge >= 0.3 is 0 Å². The van der Waals surface area contributed by atoms with Crippen molar-refractivity contribution in [2.75, 3.05) is 0 Å². The zero-order valence-corrected chi connectivity index (χ0v) is 13.0. The average molecular weight is 271 g/mol. The van der Waals surface area contributed by atoms with Gasteiger partial charge in [-0.15, -0.1) is 6.58 Å². The SMILES string of the molecule is C=CCC12C3C4C1C1C2C3C41C(=O)N(C(C)C)C(C)C. The second-order valence-electron chi connectivity index (χ2n) is 8.59. The lowest BCUT2D eigenvalue weighted by molar-refractivity contribution is -0.642. The minimum Gasteiger partial charge on any atom is -0.337 e. The molecule has 6 rings (SSSR count). The summed E-state index contributed by atoms with van der Waals surface area (Å²) in [7, 11) is 0. The van der Waals surface area contributed by atoms with E-state index < -0.39 is 0 Å². The molecule has 0 N–H and O–H groups in total. The van der Waals surface area contributed by atoms with Gasteiger partial charge in [-0.05, 0) is 75.0 Å². The molecular formula is C18H25NO. The van der Waals surface area contributed by atoms with Crippen LogP contribution in [0.15, 0.2) is 12.7 Å². The van der Waals surface area contributed by atoms with Crippen molar-refractivity contribution < 1.29 is 4.79 Å². The number of hydrogen-bond donors (Lipinski definition) is 0. The molecule has 0 aromatic carbocycles. The largest absolute Gasteiger partial charge is 0.337 e. The molecule has 20 heavy (non-hydrogen) atoms. The third kappa shape index (κ3) is 0.686. The van der Waals surface area contributed by atoms with Crippen molar-refractivity contribution in [3.05, 3.63) is 12.7 Å². The molecule has 2 nitrogen and oxygen atoms in total. The molecule has 0 aromatic rings. The molecule has 6 saturated carbocycles. The summed E-state index contributed by atoms with van der Waals surface area (Å²) in [4.78, 5) is 15.3. The van der Waals surface area contributed by atoms with Crippen LogP contribution >= 0.6 is 0 Å². The Hall–Kier alpha value is -0.790. The van der Waals surface area contributed by atoms with Crippen LogP contribution in [0.2, 0.25) is 0 Å². The van der Waals surface area contributed by atoms with E-state index in [0.29, 0.717) is 23.4 Å². The fraction of sp³-hybridized carbons (Fsp3) is 0.833. The molecule has 108 valence electrons. The van der Waals surface area contributed by atoms with Gasteiger partial charge in [0.05, 0.1) is 5.41 Å². The van der Waals surface area contributed by atoms with Gasteiger partial charge in [0.2, 0.25) is 5.91 Å². The molecule has 0 radical (unpaired) electrons. The average Bonchev–Trinajstić information content (AvgIpc) is 2.38. The highest BCUT2D eigenvalue weighted by Crippen LogP contribution is 3.11. The summed E-state index contributed by atoms with van der Waals surface area (Å²) in [6, 6.07) is 0.676. The van der Waals surface area contributed by atoms with Crippen molar-refractivity contribution in [1.29, 1.82) is 0 Å². The minimum atomic E-state index is 0.136. The number of hydrogen-bond acceptors (Lipinski definition) is 1. The van der Waals surface area contributed by atoms with Crippen molar-refractivity contribution in [2.24, 2.45) is 46.3 Å². The summed E-state index contributed by atoms with van der Waals surface area (Å²) in [6.45, 7) is 12.6. The van der Waals surface area contributed by atoms with Gasteiger partial charge in [0.25, 0.3) is 0 Å². The van der Waals surface area contributed by atoms with Gasteiger partial charge in [0.1, 0.15) is 0 Å². The van der Waals surface area contributed by atoms with Crippen LogP contribution in [0.5, 0.6) is 0 Å². The van der Waals surface area contributed by atoms with Gasteiger partial charge < -0.3 is 4.90 Å². The summed E-state index contributed by atoms with van der Waals surface area (Å²) >= 11 is 0. The number of amides is 1. The normalized spacial score (nSPS) is 57.9. The zero-order valence-electron chi connectivity index (χ0n) is 13.0. The molecule has 0 aromatic heterocycles. The Bertz CT molecular complexity index is 484. The lowest BCUT2D eigenvalue weighted by atomic mass is 8.92. The molecule has 6 aliphatic rings. The standard InChI is InChI=1S/C18H25NO/c1-6-7-17-10-13-11(17)15-12(17)14(10)18(13,15)16(20)19(8(2)3)9(4)5/h6,8-15H,1,7H2,2-5H3. The number of nitrogens with zero attached hydrogens (tertiary/aromatic N) is 1. The first kappa shape index (κ1) is 11.8. The first-order valence-electron chi connectivity index (χ1n) is 8.41. The summed E-state index contributed by atoms with van der Waals surface area (Å²) in [5.41, 5.74) is 0.793. The molecular weight excluding hydrogens is 246 g/mol. The van der Waals surface area contributed by atoms with Crippen LogP contribution in [0.3, 0.4) is 0 Å². The van der Waals surface area contributed by atoms with Gasteiger partial charge in [-0.1, -0.05) is 6.08 Å². The molecule has 6 aliphatic carbocycles. The monoisotopic (exact) mass is 271 g/mol. The van der Waals surface area contributed by atoms with E-state index in [4.69, 9.17) is 0 Å². The Morgan fingerprint density at radius 3 is 1.85 bits per heavy atom. The number of allylic oxidation sites excluding steroid dienone is 1. The molecule has 0 aliphatic heterocycles. The number of carbonyl (C=O) groups excluding carboxylic acids is 1. The molecule has 6 fully saturated rings. The summed E-state index contributed by atoms with van der Waals surface area (Å²) in [6.07, 6.45) is 3.35. The zero-order chi connectivity index (χ0) is 14.2. The maximum Gasteiger partial charge on any atom is 0.230 e. The fourth-order valence-corrected chi connectivity index (χ4v) is 8.13. The van der Waals surface area contributed by atoms with E-state index in [9.17, 15) is 4.79 Å². The Balaban J connectivity index is 1.43. The third-order valence-corrected chi connectivity index (χ3v) is 8.05. The topological polar surface area (TPSA) is 20.3 Å². The van der Waals surface area contributed by atoms with Crippen LogP contribution in [-0.4, -0.2) is 22.9 Å². The van der Waals surface area contributed by atoms with Crippen molar-refractivity contribution in [3.63, 3.8) is 0 Å². The molecule has 0 saturated heterocycles. The van der Waals surface area contributed by atoms with E-state index in [0.717, 1.165) is 35.5 Å². The highest BCUT2D eigenvalue weighted by atomic mass is 16.2. The second kappa shape index (κ2) is 2.89. The number of carbonyl (C=O) groups is 1. The van der Waals surface area contributed by atoms with E-state index in [1.165, 1.54) is 6.42 Å². The maximum absolute atomic E-state index is 13.2. The highest BCUT2D eigenvalue weighted by molar-refractivity contribution is 5.92. The van der Waals surface area contributed by atoms with Crippen molar-refractivity contribution in [2.45, 2.75) is 46.2 Å². The Morgan fingerprint density at radius 1 is 1.05 bits per heavy atom. The molecule has 0 atom stereocenters. The van der Waals surface area contributed by atoms with Crippen molar-refractivity contribution in [1.82, 2.24) is 4.90 Å². The fourth-order valence-electron chi connectivity index (χ4n) is 8.13. The number of rotatable bonds is 5. The predicted octanol–water partition coefficient (Wildman–Crippen LogP) is 2.95. The van der Waals surface area contributed by atoms with E-state index in [1.807, 2.05) is 0 Å². The Kier molecular flexibility index (Phi) is 1.71. The van der Waals surface area contributed by atoms with Crippen LogP contribution in [0.25, 0.3) is 0 Å². The van der Waals surface area contributed by atoms with Gasteiger partial charge in [-0.2, -0.15) is 0 Å². The lowest BCUT2D eigenvalue weighted by Crippen LogP contribution is -3.11. The van der Waals surface area contributed by atoms with Crippen molar-refractivity contribution in [3.8, 4) is 0 Å². The molecule has 0 spiro atoms. The van der Waals surface area contributed by atoms with E-state index in [2.05, 4.69) is 45.2 Å².